The molecule has 1 spiro atoms. The third kappa shape index (κ3) is 2.21. The Morgan fingerprint density at radius 1 is 1.07 bits per heavy atom. The molecular formula is C21H16ClN3O2. The third-order valence-electron chi connectivity index (χ3n) is 5.71. The molecule has 1 aromatic heterocycles. The maximum Gasteiger partial charge on any atom is 0.329 e. The smallest absolute Gasteiger partial charge is 0.322 e. The van der Waals surface area contributed by atoms with Crippen molar-refractivity contribution in [2.75, 3.05) is 4.90 Å². The number of carbonyl (C=O) groups is 2. The van der Waals surface area contributed by atoms with E-state index in [1.165, 1.54) is 4.90 Å². The van der Waals surface area contributed by atoms with Crippen LogP contribution in [-0.2, 0) is 4.79 Å². The molecule has 1 saturated heterocycles. The number of fused-ring (bicyclic) bond motifs is 1. The van der Waals surface area contributed by atoms with Crippen molar-refractivity contribution >= 4 is 40.0 Å². The molecule has 2 atom stereocenters. The Balaban J connectivity index is 1.59. The fourth-order valence-corrected chi connectivity index (χ4v) is 4.52. The SMILES string of the molecule is O=C1NC2(CCC2c2ccccc2Cl)C(=O)N1c1cncc2ccccc12. The minimum absolute atomic E-state index is 0.129. The standard InChI is InChI=1S/C21H16ClN3O2/c22-17-8-4-3-7-15(17)16-9-10-21(16)19(26)25(20(27)24-21)18-12-23-11-13-5-1-2-6-14(13)18/h1-8,11-12,16H,9-10H2,(H,24,27). The van der Waals surface area contributed by atoms with Crippen molar-refractivity contribution in [2.45, 2.75) is 24.3 Å². The number of urea groups is 1. The number of rotatable bonds is 2. The van der Waals surface area contributed by atoms with Gasteiger partial charge < -0.3 is 5.32 Å². The van der Waals surface area contributed by atoms with E-state index in [2.05, 4.69) is 10.3 Å². The number of aromatic nitrogens is 1. The summed E-state index contributed by atoms with van der Waals surface area (Å²) in [5.41, 5.74) is 0.480. The molecule has 5 nitrogen and oxygen atoms in total. The maximum absolute atomic E-state index is 13.4. The fourth-order valence-electron chi connectivity index (χ4n) is 4.25. The van der Waals surface area contributed by atoms with Gasteiger partial charge in [-0.3, -0.25) is 9.78 Å². The van der Waals surface area contributed by atoms with Crippen molar-refractivity contribution in [3.63, 3.8) is 0 Å². The maximum atomic E-state index is 13.4. The van der Waals surface area contributed by atoms with Gasteiger partial charge in [0, 0.05) is 27.9 Å². The Labute approximate surface area is 161 Å². The lowest BCUT2D eigenvalue weighted by atomic mass is 9.63. The van der Waals surface area contributed by atoms with Gasteiger partial charge in [-0.15, -0.1) is 0 Å². The molecule has 5 rings (SSSR count). The van der Waals surface area contributed by atoms with E-state index < -0.39 is 11.6 Å². The monoisotopic (exact) mass is 377 g/mol. The van der Waals surface area contributed by atoms with E-state index >= 15 is 0 Å². The highest BCUT2D eigenvalue weighted by atomic mass is 35.5. The molecule has 1 saturated carbocycles. The first kappa shape index (κ1) is 16.3. The Kier molecular flexibility index (Phi) is 3.49. The summed E-state index contributed by atoms with van der Waals surface area (Å²) in [6.07, 6.45) is 4.70. The van der Waals surface area contributed by atoms with Gasteiger partial charge in [0.15, 0.2) is 0 Å². The first-order valence-electron chi connectivity index (χ1n) is 8.86. The zero-order chi connectivity index (χ0) is 18.6. The number of hydrogen-bond donors (Lipinski definition) is 1. The summed E-state index contributed by atoms with van der Waals surface area (Å²) in [4.78, 5) is 31.7. The van der Waals surface area contributed by atoms with Crippen molar-refractivity contribution in [1.29, 1.82) is 0 Å². The number of carbonyl (C=O) groups excluding carboxylic acids is 2. The van der Waals surface area contributed by atoms with Crippen LogP contribution in [0.4, 0.5) is 10.5 Å². The average Bonchev–Trinajstić information content (AvgIpc) is 2.95. The molecule has 1 aliphatic heterocycles. The van der Waals surface area contributed by atoms with E-state index in [9.17, 15) is 9.59 Å². The number of amides is 3. The number of nitrogens with one attached hydrogen (secondary N) is 1. The molecule has 0 radical (unpaired) electrons. The van der Waals surface area contributed by atoms with Crippen LogP contribution in [0, 0.1) is 0 Å². The lowest BCUT2D eigenvalue weighted by Gasteiger charge is -2.45. The molecule has 2 aliphatic rings. The van der Waals surface area contributed by atoms with Crippen LogP contribution in [0.5, 0.6) is 0 Å². The molecule has 2 heterocycles. The highest BCUT2D eigenvalue weighted by Crippen LogP contribution is 2.51. The van der Waals surface area contributed by atoms with Crippen LogP contribution in [0.2, 0.25) is 5.02 Å². The quantitative estimate of drug-likeness (QED) is 0.679. The van der Waals surface area contributed by atoms with Gasteiger partial charge >= 0.3 is 6.03 Å². The molecule has 1 N–H and O–H groups in total. The number of benzene rings is 2. The summed E-state index contributed by atoms with van der Waals surface area (Å²) in [5, 5.41) is 5.28. The van der Waals surface area contributed by atoms with Crippen molar-refractivity contribution in [2.24, 2.45) is 0 Å². The largest absolute Gasteiger partial charge is 0.329 e. The summed E-state index contributed by atoms with van der Waals surface area (Å²) in [6, 6.07) is 14.7. The van der Waals surface area contributed by atoms with Crippen LogP contribution in [-0.4, -0.2) is 22.5 Å². The van der Waals surface area contributed by atoms with Crippen LogP contribution >= 0.6 is 11.6 Å². The van der Waals surface area contributed by atoms with Crippen LogP contribution < -0.4 is 10.2 Å². The molecule has 2 aromatic carbocycles. The predicted octanol–water partition coefficient (Wildman–Crippen LogP) is 4.26. The number of halogens is 1. The second-order valence-corrected chi connectivity index (χ2v) is 7.44. The molecule has 27 heavy (non-hydrogen) atoms. The summed E-state index contributed by atoms with van der Waals surface area (Å²) in [5.74, 6) is -0.364. The van der Waals surface area contributed by atoms with Gasteiger partial charge in [-0.05, 0) is 24.5 Å². The second kappa shape index (κ2) is 5.79. The normalized spacial score (nSPS) is 24.3. The van der Waals surface area contributed by atoms with Gasteiger partial charge in [-0.2, -0.15) is 0 Å². The first-order valence-corrected chi connectivity index (χ1v) is 9.23. The summed E-state index contributed by atoms with van der Waals surface area (Å²) >= 11 is 6.36. The molecule has 6 heteroatoms. The van der Waals surface area contributed by atoms with E-state index in [4.69, 9.17) is 11.6 Å². The lowest BCUT2D eigenvalue weighted by molar-refractivity contribution is -0.126. The third-order valence-corrected chi connectivity index (χ3v) is 6.05. The molecule has 1 aliphatic carbocycles. The van der Waals surface area contributed by atoms with Gasteiger partial charge in [0.2, 0.25) is 0 Å². The predicted molar refractivity (Wildman–Crippen MR) is 104 cm³/mol. The zero-order valence-corrected chi connectivity index (χ0v) is 15.1. The zero-order valence-electron chi connectivity index (χ0n) is 14.4. The highest BCUT2D eigenvalue weighted by molar-refractivity contribution is 6.32. The van der Waals surface area contributed by atoms with Crippen molar-refractivity contribution in [1.82, 2.24) is 10.3 Å². The molecule has 2 fully saturated rings. The topological polar surface area (TPSA) is 62.3 Å². The average molecular weight is 378 g/mol. The minimum Gasteiger partial charge on any atom is -0.322 e. The summed E-state index contributed by atoms with van der Waals surface area (Å²) < 4.78 is 0. The van der Waals surface area contributed by atoms with Gasteiger partial charge in [0.25, 0.3) is 5.91 Å². The van der Waals surface area contributed by atoms with Gasteiger partial charge in [-0.25, -0.2) is 9.69 Å². The Bertz CT molecular complexity index is 1090. The second-order valence-electron chi connectivity index (χ2n) is 7.03. The van der Waals surface area contributed by atoms with E-state index in [1.54, 1.807) is 12.4 Å². The first-order chi connectivity index (χ1) is 13.1. The van der Waals surface area contributed by atoms with Crippen LogP contribution in [0.25, 0.3) is 10.8 Å². The lowest BCUT2D eigenvalue weighted by Crippen LogP contribution is -2.58. The van der Waals surface area contributed by atoms with Gasteiger partial charge in [0.1, 0.15) is 5.54 Å². The summed E-state index contributed by atoms with van der Waals surface area (Å²) in [7, 11) is 0. The number of anilines is 1. The van der Waals surface area contributed by atoms with Crippen molar-refractivity contribution in [3.05, 3.63) is 71.5 Å². The van der Waals surface area contributed by atoms with Gasteiger partial charge in [-0.1, -0.05) is 54.1 Å². The molecule has 0 bridgehead atoms. The van der Waals surface area contributed by atoms with E-state index in [0.29, 0.717) is 17.1 Å². The van der Waals surface area contributed by atoms with Crippen LogP contribution in [0.3, 0.4) is 0 Å². The number of nitrogens with zero attached hydrogens (tertiary/aromatic N) is 2. The summed E-state index contributed by atoms with van der Waals surface area (Å²) in [6.45, 7) is 0. The van der Waals surface area contributed by atoms with E-state index in [1.807, 2.05) is 48.5 Å². The van der Waals surface area contributed by atoms with Gasteiger partial charge in [0.05, 0.1) is 11.9 Å². The molecular weight excluding hydrogens is 362 g/mol. The Hall–Kier alpha value is -2.92. The number of pyridine rings is 1. The highest BCUT2D eigenvalue weighted by Gasteiger charge is 2.62. The molecule has 3 amide bonds. The Morgan fingerprint density at radius 3 is 2.63 bits per heavy atom. The van der Waals surface area contributed by atoms with E-state index in [-0.39, 0.29) is 11.8 Å². The minimum atomic E-state index is -0.932. The number of imide groups is 1. The van der Waals surface area contributed by atoms with Crippen LogP contribution in [0.15, 0.2) is 60.9 Å². The number of hydrogen-bond acceptors (Lipinski definition) is 3. The van der Waals surface area contributed by atoms with Crippen molar-refractivity contribution < 1.29 is 9.59 Å². The molecule has 134 valence electrons. The Morgan fingerprint density at radius 2 is 1.85 bits per heavy atom. The molecule has 2 unspecified atom stereocenters. The van der Waals surface area contributed by atoms with Crippen LogP contribution in [0.1, 0.15) is 24.3 Å². The molecule has 3 aromatic rings. The van der Waals surface area contributed by atoms with Crippen molar-refractivity contribution in [3.8, 4) is 0 Å². The van der Waals surface area contributed by atoms with E-state index in [0.717, 1.165) is 22.8 Å². The fraction of sp³-hybridized carbons (Fsp3) is 0.190.